The molecule has 1 aromatic heterocycles. The molecule has 2 aromatic rings. The summed E-state index contributed by atoms with van der Waals surface area (Å²) in [6, 6.07) is 10.5. The van der Waals surface area contributed by atoms with Gasteiger partial charge in [-0.2, -0.15) is 9.97 Å². The van der Waals surface area contributed by atoms with Crippen molar-refractivity contribution in [2.24, 2.45) is 5.92 Å². The minimum atomic E-state index is 0.418. The van der Waals surface area contributed by atoms with Crippen molar-refractivity contribution >= 4 is 0 Å². The fourth-order valence-corrected chi connectivity index (χ4v) is 2.73. The molecule has 148 valence electrons. The summed E-state index contributed by atoms with van der Waals surface area (Å²) >= 11 is 0. The highest BCUT2D eigenvalue weighted by Crippen LogP contribution is 2.29. The Morgan fingerprint density at radius 3 is 2.41 bits per heavy atom. The van der Waals surface area contributed by atoms with Crippen LogP contribution in [-0.2, 0) is 0 Å². The largest absolute Gasteiger partial charge is 0.490 e. The first-order valence-corrected chi connectivity index (χ1v) is 10.4. The standard InChI is InChI=1S/C23H34N2O2/c1-4-6-7-8-9-13-16-26-21-17-24-23(27-18-19(3)5-2)25-22(21)20-14-11-10-12-15-20/h10-12,14-15,17,19H,4-9,13,16,18H2,1-3H3. The number of nitrogens with zero attached hydrogens (tertiary/aromatic N) is 2. The maximum absolute atomic E-state index is 6.02. The molecule has 1 atom stereocenters. The van der Waals surface area contributed by atoms with E-state index in [2.05, 4.69) is 30.7 Å². The van der Waals surface area contributed by atoms with Gasteiger partial charge in [0.15, 0.2) is 5.75 Å². The maximum atomic E-state index is 6.02. The Kier molecular flexibility index (Phi) is 9.67. The lowest BCUT2D eigenvalue weighted by molar-refractivity contribution is 0.236. The molecule has 0 saturated heterocycles. The van der Waals surface area contributed by atoms with Crippen LogP contribution in [0.3, 0.4) is 0 Å². The zero-order chi connectivity index (χ0) is 19.3. The Morgan fingerprint density at radius 1 is 0.926 bits per heavy atom. The minimum absolute atomic E-state index is 0.418. The molecule has 1 heterocycles. The van der Waals surface area contributed by atoms with Gasteiger partial charge in [-0.05, 0) is 12.3 Å². The average molecular weight is 371 g/mol. The van der Waals surface area contributed by atoms with E-state index in [1.807, 2.05) is 30.3 Å². The fourth-order valence-electron chi connectivity index (χ4n) is 2.73. The molecule has 0 fully saturated rings. The van der Waals surface area contributed by atoms with Crippen molar-refractivity contribution in [3.05, 3.63) is 36.5 Å². The lowest BCUT2D eigenvalue weighted by Gasteiger charge is -2.13. The van der Waals surface area contributed by atoms with Gasteiger partial charge in [0.25, 0.3) is 0 Å². The van der Waals surface area contributed by atoms with E-state index in [0.29, 0.717) is 25.1 Å². The monoisotopic (exact) mass is 370 g/mol. The molecule has 0 radical (unpaired) electrons. The van der Waals surface area contributed by atoms with Crippen molar-refractivity contribution in [3.8, 4) is 23.0 Å². The number of unbranched alkanes of at least 4 members (excludes halogenated alkanes) is 5. The Hall–Kier alpha value is -2.10. The lowest BCUT2D eigenvalue weighted by atomic mass is 10.1. The Bertz CT molecular complexity index is 646. The van der Waals surface area contributed by atoms with Crippen LogP contribution >= 0.6 is 0 Å². The third-order valence-electron chi connectivity index (χ3n) is 4.73. The first-order chi connectivity index (χ1) is 13.2. The highest BCUT2D eigenvalue weighted by molar-refractivity contribution is 5.65. The molecule has 0 N–H and O–H groups in total. The van der Waals surface area contributed by atoms with E-state index in [-0.39, 0.29) is 0 Å². The first-order valence-electron chi connectivity index (χ1n) is 10.4. The summed E-state index contributed by atoms with van der Waals surface area (Å²) in [5.41, 5.74) is 1.82. The number of hydrogen-bond acceptors (Lipinski definition) is 4. The predicted octanol–water partition coefficient (Wildman–Crippen LogP) is 6.31. The predicted molar refractivity (Wildman–Crippen MR) is 111 cm³/mol. The van der Waals surface area contributed by atoms with Crippen molar-refractivity contribution in [1.29, 1.82) is 0 Å². The van der Waals surface area contributed by atoms with Gasteiger partial charge in [0.05, 0.1) is 19.4 Å². The quantitative estimate of drug-likeness (QED) is 0.388. The summed E-state index contributed by atoms with van der Waals surface area (Å²) in [4.78, 5) is 8.98. The molecular weight excluding hydrogens is 336 g/mol. The molecule has 0 bridgehead atoms. The van der Waals surface area contributed by atoms with Crippen LogP contribution < -0.4 is 9.47 Å². The molecule has 4 heteroatoms. The second-order valence-electron chi connectivity index (χ2n) is 7.17. The zero-order valence-electron chi connectivity index (χ0n) is 17.1. The van der Waals surface area contributed by atoms with Crippen molar-refractivity contribution in [3.63, 3.8) is 0 Å². The summed E-state index contributed by atoms with van der Waals surface area (Å²) in [7, 11) is 0. The molecule has 0 aliphatic carbocycles. The van der Waals surface area contributed by atoms with Crippen LogP contribution in [0.1, 0.15) is 65.7 Å². The summed E-state index contributed by atoms with van der Waals surface area (Å²) in [5.74, 6) is 1.21. The SMILES string of the molecule is CCCCCCCCOc1cnc(OCC(C)CC)nc1-c1ccccc1. The van der Waals surface area contributed by atoms with Crippen LogP contribution in [0.5, 0.6) is 11.8 Å². The molecular formula is C23H34N2O2. The van der Waals surface area contributed by atoms with E-state index in [9.17, 15) is 0 Å². The third kappa shape index (κ3) is 7.58. The van der Waals surface area contributed by atoms with Gasteiger partial charge in [0.1, 0.15) is 5.69 Å². The maximum Gasteiger partial charge on any atom is 0.317 e. The van der Waals surface area contributed by atoms with E-state index in [0.717, 1.165) is 29.8 Å². The fraction of sp³-hybridized carbons (Fsp3) is 0.565. The normalized spacial score (nSPS) is 12.0. The average Bonchev–Trinajstić information content (AvgIpc) is 2.72. The van der Waals surface area contributed by atoms with Gasteiger partial charge in [0.2, 0.25) is 0 Å². The summed E-state index contributed by atoms with van der Waals surface area (Å²) < 4.78 is 11.8. The number of rotatable bonds is 13. The van der Waals surface area contributed by atoms with Gasteiger partial charge < -0.3 is 9.47 Å². The van der Waals surface area contributed by atoms with E-state index >= 15 is 0 Å². The number of aromatic nitrogens is 2. The van der Waals surface area contributed by atoms with E-state index in [4.69, 9.17) is 9.47 Å². The molecule has 2 rings (SSSR count). The van der Waals surface area contributed by atoms with Gasteiger partial charge in [-0.25, -0.2) is 0 Å². The molecule has 0 spiro atoms. The summed E-state index contributed by atoms with van der Waals surface area (Å²) in [6.45, 7) is 7.88. The Balaban J connectivity index is 2.00. The van der Waals surface area contributed by atoms with Crippen LogP contribution in [0, 0.1) is 5.92 Å². The zero-order valence-corrected chi connectivity index (χ0v) is 17.1. The number of benzene rings is 1. The molecule has 0 saturated carbocycles. The minimum Gasteiger partial charge on any atom is -0.490 e. The molecule has 0 aliphatic heterocycles. The first kappa shape index (κ1) is 21.2. The van der Waals surface area contributed by atoms with Crippen molar-refractivity contribution in [2.75, 3.05) is 13.2 Å². The van der Waals surface area contributed by atoms with Crippen molar-refractivity contribution in [2.45, 2.75) is 65.7 Å². The molecule has 1 aromatic carbocycles. The van der Waals surface area contributed by atoms with Gasteiger partial charge >= 0.3 is 6.01 Å². The van der Waals surface area contributed by atoms with Crippen molar-refractivity contribution < 1.29 is 9.47 Å². The topological polar surface area (TPSA) is 44.2 Å². The van der Waals surface area contributed by atoms with Crippen LogP contribution in [-0.4, -0.2) is 23.2 Å². The summed E-state index contributed by atoms with van der Waals surface area (Å²) in [5, 5.41) is 0. The van der Waals surface area contributed by atoms with Gasteiger partial charge in [-0.3, -0.25) is 0 Å². The van der Waals surface area contributed by atoms with Crippen LogP contribution in [0.4, 0.5) is 0 Å². The van der Waals surface area contributed by atoms with Crippen molar-refractivity contribution in [1.82, 2.24) is 9.97 Å². The number of hydrogen-bond donors (Lipinski definition) is 0. The molecule has 1 unspecified atom stereocenters. The van der Waals surface area contributed by atoms with Gasteiger partial charge in [-0.1, -0.05) is 89.6 Å². The van der Waals surface area contributed by atoms with E-state index < -0.39 is 0 Å². The van der Waals surface area contributed by atoms with Crippen LogP contribution in [0.15, 0.2) is 36.5 Å². The highest BCUT2D eigenvalue weighted by atomic mass is 16.5. The number of ether oxygens (including phenoxy) is 2. The molecule has 0 amide bonds. The van der Waals surface area contributed by atoms with E-state index in [1.165, 1.54) is 32.1 Å². The smallest absolute Gasteiger partial charge is 0.317 e. The summed E-state index contributed by atoms with van der Waals surface area (Å²) in [6.07, 6.45) is 10.3. The van der Waals surface area contributed by atoms with Gasteiger partial charge in [-0.15, -0.1) is 0 Å². The van der Waals surface area contributed by atoms with E-state index in [1.54, 1.807) is 6.20 Å². The lowest BCUT2D eigenvalue weighted by Crippen LogP contribution is -2.10. The Labute approximate surface area is 164 Å². The third-order valence-corrected chi connectivity index (χ3v) is 4.73. The molecule has 0 aliphatic rings. The second kappa shape index (κ2) is 12.3. The second-order valence-corrected chi connectivity index (χ2v) is 7.17. The molecule has 4 nitrogen and oxygen atoms in total. The Morgan fingerprint density at radius 2 is 1.67 bits per heavy atom. The highest BCUT2D eigenvalue weighted by Gasteiger charge is 2.12. The molecule has 27 heavy (non-hydrogen) atoms. The van der Waals surface area contributed by atoms with Crippen LogP contribution in [0.25, 0.3) is 11.3 Å². The van der Waals surface area contributed by atoms with Gasteiger partial charge in [0, 0.05) is 5.56 Å². The van der Waals surface area contributed by atoms with Crippen LogP contribution in [0.2, 0.25) is 0 Å².